The van der Waals surface area contributed by atoms with Crippen LogP contribution < -0.4 is 5.32 Å². The molecular weight excluding hydrogens is 306 g/mol. The molecule has 2 N–H and O–H groups in total. The Balaban J connectivity index is 2.25. The van der Waals surface area contributed by atoms with Gasteiger partial charge in [-0.25, -0.2) is 0 Å². The van der Waals surface area contributed by atoms with Crippen LogP contribution in [0.3, 0.4) is 0 Å². The molecule has 6 nitrogen and oxygen atoms in total. The molecule has 0 aliphatic heterocycles. The molecule has 2 aromatic rings. The molecule has 0 aliphatic rings. The predicted octanol–water partition coefficient (Wildman–Crippen LogP) is 3.66. The van der Waals surface area contributed by atoms with Crippen LogP contribution in [-0.4, -0.2) is 27.9 Å². The number of nitrogens with one attached hydrogen (secondary N) is 1. The van der Waals surface area contributed by atoms with Crippen LogP contribution in [0.5, 0.6) is 5.75 Å². The van der Waals surface area contributed by atoms with Crippen molar-refractivity contribution >= 4 is 11.6 Å². The second-order valence-corrected chi connectivity index (χ2v) is 5.79. The number of carbonyl (C=O) groups excluding carboxylic acids is 1. The first-order chi connectivity index (χ1) is 11.5. The first kappa shape index (κ1) is 18.0. The van der Waals surface area contributed by atoms with E-state index in [1.54, 1.807) is 25.4 Å². The lowest BCUT2D eigenvalue weighted by Crippen LogP contribution is -2.16. The minimum atomic E-state index is -0.215. The maximum Gasteiger partial charge on any atom is 0.259 e. The Morgan fingerprint density at radius 2 is 2.08 bits per heavy atom. The summed E-state index contributed by atoms with van der Waals surface area (Å²) in [5.74, 6) is -0.0782. The lowest BCUT2D eigenvalue weighted by Gasteiger charge is -2.15. The van der Waals surface area contributed by atoms with E-state index in [9.17, 15) is 9.90 Å². The second kappa shape index (κ2) is 7.97. The molecule has 0 atom stereocenters. The molecule has 0 aliphatic carbocycles. The highest BCUT2D eigenvalue weighted by atomic mass is 16.5. The van der Waals surface area contributed by atoms with Crippen molar-refractivity contribution in [1.29, 1.82) is 0 Å². The summed E-state index contributed by atoms with van der Waals surface area (Å²) in [7, 11) is 1.57. The van der Waals surface area contributed by atoms with E-state index in [1.807, 2.05) is 11.6 Å². The monoisotopic (exact) mass is 331 g/mol. The van der Waals surface area contributed by atoms with Gasteiger partial charge in [0.25, 0.3) is 5.91 Å². The molecule has 1 aromatic heterocycles. The van der Waals surface area contributed by atoms with Gasteiger partial charge in [-0.3, -0.25) is 9.48 Å². The van der Waals surface area contributed by atoms with E-state index in [2.05, 4.69) is 24.3 Å². The van der Waals surface area contributed by atoms with Gasteiger partial charge in [0.1, 0.15) is 5.75 Å². The van der Waals surface area contributed by atoms with Crippen molar-refractivity contribution in [2.24, 2.45) is 0 Å². The van der Waals surface area contributed by atoms with Crippen molar-refractivity contribution in [2.45, 2.75) is 46.3 Å². The molecule has 0 unspecified atom stereocenters. The van der Waals surface area contributed by atoms with Crippen LogP contribution in [-0.2, 0) is 11.3 Å². The summed E-state index contributed by atoms with van der Waals surface area (Å²) in [6.45, 7) is 6.44. The molecule has 0 bridgehead atoms. The van der Waals surface area contributed by atoms with Crippen LogP contribution in [0.15, 0.2) is 24.4 Å². The number of aromatic nitrogens is 2. The van der Waals surface area contributed by atoms with E-state index in [4.69, 9.17) is 4.74 Å². The highest BCUT2D eigenvalue weighted by Crippen LogP contribution is 2.24. The van der Waals surface area contributed by atoms with Crippen molar-refractivity contribution in [3.63, 3.8) is 0 Å². The molecule has 1 amide bonds. The number of ether oxygens (including phenoxy) is 1. The first-order valence-electron chi connectivity index (χ1n) is 8.18. The second-order valence-electron chi connectivity index (χ2n) is 5.79. The van der Waals surface area contributed by atoms with Gasteiger partial charge in [-0.1, -0.05) is 13.8 Å². The summed E-state index contributed by atoms with van der Waals surface area (Å²) < 4.78 is 7.04. The number of hydrogen-bond donors (Lipinski definition) is 2. The lowest BCUT2D eigenvalue weighted by molar-refractivity contribution is 0.102. The molecule has 2 rings (SSSR count). The number of phenols is 1. The summed E-state index contributed by atoms with van der Waals surface area (Å²) in [4.78, 5) is 12.6. The van der Waals surface area contributed by atoms with Gasteiger partial charge in [-0.2, -0.15) is 5.10 Å². The summed E-state index contributed by atoms with van der Waals surface area (Å²) in [6, 6.07) is 5.08. The van der Waals surface area contributed by atoms with E-state index in [0.29, 0.717) is 23.9 Å². The number of rotatable bonds is 7. The van der Waals surface area contributed by atoms with Crippen LogP contribution in [0.1, 0.15) is 54.3 Å². The molecule has 0 saturated heterocycles. The van der Waals surface area contributed by atoms with Gasteiger partial charge in [0, 0.05) is 24.1 Å². The average molecular weight is 331 g/mol. The Kier molecular flexibility index (Phi) is 5.98. The largest absolute Gasteiger partial charge is 0.508 e. The zero-order valence-electron chi connectivity index (χ0n) is 14.7. The smallest absolute Gasteiger partial charge is 0.259 e. The Bertz CT molecular complexity index is 706. The maximum atomic E-state index is 12.6. The SMILES string of the molecule is CCC(CC)n1ncc(C(=O)Nc2ccc(O)cc2COC)c1C. The van der Waals surface area contributed by atoms with E-state index in [-0.39, 0.29) is 11.7 Å². The number of aromatic hydroxyl groups is 1. The fourth-order valence-corrected chi connectivity index (χ4v) is 2.82. The van der Waals surface area contributed by atoms with E-state index in [0.717, 1.165) is 24.1 Å². The number of nitrogens with zero attached hydrogens (tertiary/aromatic N) is 2. The Morgan fingerprint density at radius 1 is 1.38 bits per heavy atom. The van der Waals surface area contributed by atoms with Crippen LogP contribution in [0.4, 0.5) is 5.69 Å². The summed E-state index contributed by atoms with van der Waals surface area (Å²) >= 11 is 0. The van der Waals surface area contributed by atoms with Crippen LogP contribution >= 0.6 is 0 Å². The quantitative estimate of drug-likeness (QED) is 0.759. The Morgan fingerprint density at radius 3 is 2.71 bits per heavy atom. The normalized spacial score (nSPS) is 11.0. The third kappa shape index (κ3) is 3.76. The number of phenolic OH excluding ortho intramolecular Hbond substituents is 1. The Labute approximate surface area is 142 Å². The minimum Gasteiger partial charge on any atom is -0.508 e. The molecule has 130 valence electrons. The predicted molar refractivity (Wildman–Crippen MR) is 93.4 cm³/mol. The fraction of sp³-hybridized carbons (Fsp3) is 0.444. The molecule has 0 spiro atoms. The summed E-state index contributed by atoms with van der Waals surface area (Å²) in [6.07, 6.45) is 3.55. The van der Waals surface area contributed by atoms with Gasteiger partial charge in [-0.15, -0.1) is 0 Å². The standard InChI is InChI=1S/C18H25N3O3/c1-5-14(6-2)21-12(3)16(10-19-21)18(23)20-17-8-7-15(22)9-13(17)11-24-4/h7-10,14,22H,5-6,11H2,1-4H3,(H,20,23). The summed E-state index contributed by atoms with van der Waals surface area (Å²) in [5, 5.41) is 16.9. The van der Waals surface area contributed by atoms with Gasteiger partial charge >= 0.3 is 0 Å². The first-order valence-corrected chi connectivity index (χ1v) is 8.18. The van der Waals surface area contributed by atoms with E-state index < -0.39 is 0 Å². The van der Waals surface area contributed by atoms with Crippen molar-refractivity contribution in [3.05, 3.63) is 41.2 Å². The molecular formula is C18H25N3O3. The zero-order valence-corrected chi connectivity index (χ0v) is 14.7. The number of amides is 1. The molecule has 1 aromatic carbocycles. The molecule has 6 heteroatoms. The number of hydrogen-bond acceptors (Lipinski definition) is 4. The van der Waals surface area contributed by atoms with Gasteiger partial charge in [0.15, 0.2) is 0 Å². The number of anilines is 1. The van der Waals surface area contributed by atoms with E-state index >= 15 is 0 Å². The fourth-order valence-electron chi connectivity index (χ4n) is 2.82. The zero-order chi connectivity index (χ0) is 17.7. The van der Waals surface area contributed by atoms with Crippen LogP contribution in [0, 0.1) is 6.92 Å². The third-order valence-electron chi connectivity index (χ3n) is 4.21. The highest BCUT2D eigenvalue weighted by Gasteiger charge is 2.18. The molecule has 0 saturated carbocycles. The number of benzene rings is 1. The minimum absolute atomic E-state index is 0.137. The van der Waals surface area contributed by atoms with Crippen molar-refractivity contribution in [3.8, 4) is 5.75 Å². The van der Waals surface area contributed by atoms with Gasteiger partial charge in [0.05, 0.1) is 24.4 Å². The number of methoxy groups -OCH3 is 1. The van der Waals surface area contributed by atoms with Crippen molar-refractivity contribution < 1.29 is 14.6 Å². The number of carbonyl (C=O) groups is 1. The van der Waals surface area contributed by atoms with Gasteiger partial charge < -0.3 is 15.2 Å². The van der Waals surface area contributed by atoms with Crippen molar-refractivity contribution in [2.75, 3.05) is 12.4 Å². The molecule has 24 heavy (non-hydrogen) atoms. The topological polar surface area (TPSA) is 76.4 Å². The van der Waals surface area contributed by atoms with Gasteiger partial charge in [-0.05, 0) is 38.0 Å². The third-order valence-corrected chi connectivity index (χ3v) is 4.21. The lowest BCUT2D eigenvalue weighted by atomic mass is 10.1. The van der Waals surface area contributed by atoms with Gasteiger partial charge in [0.2, 0.25) is 0 Å². The van der Waals surface area contributed by atoms with Crippen LogP contribution in [0.2, 0.25) is 0 Å². The molecule has 1 heterocycles. The van der Waals surface area contributed by atoms with Crippen LogP contribution in [0.25, 0.3) is 0 Å². The Hall–Kier alpha value is -2.34. The highest BCUT2D eigenvalue weighted by molar-refractivity contribution is 6.05. The maximum absolute atomic E-state index is 12.6. The van der Waals surface area contributed by atoms with E-state index in [1.165, 1.54) is 6.07 Å². The summed E-state index contributed by atoms with van der Waals surface area (Å²) in [5.41, 5.74) is 2.75. The molecule has 0 fully saturated rings. The molecule has 0 radical (unpaired) electrons. The van der Waals surface area contributed by atoms with Crippen molar-refractivity contribution in [1.82, 2.24) is 9.78 Å². The average Bonchev–Trinajstić information content (AvgIpc) is 2.93.